The summed E-state index contributed by atoms with van der Waals surface area (Å²) in [6, 6.07) is 6.13. The number of rotatable bonds is 6. The molecule has 0 saturated carbocycles. The minimum atomic E-state index is -0.942. The van der Waals surface area contributed by atoms with Gasteiger partial charge >= 0.3 is 0 Å². The molecule has 130 valence electrons. The van der Waals surface area contributed by atoms with Crippen molar-refractivity contribution in [2.24, 2.45) is 11.3 Å². The Morgan fingerprint density at radius 1 is 1.13 bits per heavy atom. The standard InChI is InChI=1S/C21H34O2/c1-7-10-16(11-8-2)21(23)18-15(14-19(21,3)4)12-9-13-17(18)20(5,6)22/h9,12-13,16,22-23H,7-8,10-11,14H2,1-6H3. The van der Waals surface area contributed by atoms with E-state index < -0.39 is 11.2 Å². The van der Waals surface area contributed by atoms with Crippen molar-refractivity contribution in [3.8, 4) is 0 Å². The van der Waals surface area contributed by atoms with Crippen molar-refractivity contribution < 1.29 is 10.2 Å². The molecule has 0 aromatic heterocycles. The minimum Gasteiger partial charge on any atom is -0.386 e. The highest BCUT2D eigenvalue weighted by Gasteiger charge is 2.56. The number of hydrogen-bond donors (Lipinski definition) is 2. The van der Waals surface area contributed by atoms with Gasteiger partial charge < -0.3 is 10.2 Å². The monoisotopic (exact) mass is 318 g/mol. The molecule has 0 radical (unpaired) electrons. The highest BCUT2D eigenvalue weighted by Crippen LogP contribution is 2.57. The van der Waals surface area contributed by atoms with Gasteiger partial charge in [0.05, 0.1) is 11.2 Å². The lowest BCUT2D eigenvalue weighted by molar-refractivity contribution is -0.115. The molecule has 1 aromatic carbocycles. The van der Waals surface area contributed by atoms with Crippen LogP contribution in [0.5, 0.6) is 0 Å². The first-order chi connectivity index (χ1) is 10.6. The average molecular weight is 319 g/mol. The largest absolute Gasteiger partial charge is 0.386 e. The Balaban J connectivity index is 2.69. The van der Waals surface area contributed by atoms with Crippen LogP contribution in [0.3, 0.4) is 0 Å². The molecule has 1 aliphatic rings. The first-order valence-corrected chi connectivity index (χ1v) is 9.17. The summed E-state index contributed by atoms with van der Waals surface area (Å²) >= 11 is 0. The summed E-state index contributed by atoms with van der Waals surface area (Å²) in [5.41, 5.74) is 1.07. The second-order valence-corrected chi connectivity index (χ2v) is 8.50. The Labute approximate surface area is 141 Å². The smallest absolute Gasteiger partial charge is 0.0984 e. The minimum absolute atomic E-state index is 0.217. The van der Waals surface area contributed by atoms with Gasteiger partial charge in [-0.15, -0.1) is 0 Å². The van der Waals surface area contributed by atoms with Crippen LogP contribution in [0.1, 0.15) is 83.9 Å². The van der Waals surface area contributed by atoms with E-state index >= 15 is 0 Å². The van der Waals surface area contributed by atoms with Gasteiger partial charge in [0.15, 0.2) is 0 Å². The summed E-state index contributed by atoms with van der Waals surface area (Å²) in [6.07, 6.45) is 5.06. The Kier molecular flexibility index (Phi) is 4.99. The van der Waals surface area contributed by atoms with Crippen LogP contribution in [-0.2, 0) is 17.6 Å². The number of fused-ring (bicyclic) bond motifs is 1. The van der Waals surface area contributed by atoms with Crippen molar-refractivity contribution in [1.82, 2.24) is 0 Å². The van der Waals surface area contributed by atoms with Crippen LogP contribution in [0.25, 0.3) is 0 Å². The topological polar surface area (TPSA) is 40.5 Å². The fourth-order valence-electron chi connectivity index (χ4n) is 4.67. The van der Waals surface area contributed by atoms with E-state index in [4.69, 9.17) is 0 Å². The van der Waals surface area contributed by atoms with Gasteiger partial charge in [-0.3, -0.25) is 0 Å². The van der Waals surface area contributed by atoms with E-state index in [1.165, 1.54) is 5.56 Å². The van der Waals surface area contributed by atoms with Crippen molar-refractivity contribution in [2.75, 3.05) is 0 Å². The molecule has 0 spiro atoms. The third-order valence-electron chi connectivity index (χ3n) is 5.72. The van der Waals surface area contributed by atoms with Crippen molar-refractivity contribution in [3.63, 3.8) is 0 Å². The lowest BCUT2D eigenvalue weighted by Gasteiger charge is -2.45. The Morgan fingerprint density at radius 2 is 1.70 bits per heavy atom. The Bertz CT molecular complexity index is 547. The molecule has 1 unspecified atom stereocenters. The summed E-state index contributed by atoms with van der Waals surface area (Å²) in [5, 5.41) is 22.7. The molecule has 0 fully saturated rings. The lowest BCUT2D eigenvalue weighted by Crippen LogP contribution is -2.46. The van der Waals surface area contributed by atoms with Gasteiger partial charge in [0.2, 0.25) is 0 Å². The van der Waals surface area contributed by atoms with Crippen molar-refractivity contribution >= 4 is 0 Å². The lowest BCUT2D eigenvalue weighted by atomic mass is 9.64. The normalized spacial score (nSPS) is 23.3. The van der Waals surface area contributed by atoms with E-state index in [1.807, 2.05) is 26.0 Å². The second kappa shape index (κ2) is 6.22. The fourth-order valence-corrected chi connectivity index (χ4v) is 4.67. The molecular weight excluding hydrogens is 284 g/mol. The van der Waals surface area contributed by atoms with Gasteiger partial charge in [0.25, 0.3) is 0 Å². The van der Waals surface area contributed by atoms with Gasteiger partial charge in [-0.25, -0.2) is 0 Å². The molecule has 0 amide bonds. The fraction of sp³-hybridized carbons (Fsp3) is 0.714. The summed E-state index contributed by atoms with van der Waals surface area (Å²) in [6.45, 7) is 12.4. The molecule has 0 bridgehead atoms. The maximum absolute atomic E-state index is 12.0. The highest BCUT2D eigenvalue weighted by molar-refractivity contribution is 5.48. The van der Waals surface area contributed by atoms with Gasteiger partial charge in [-0.05, 0) is 55.7 Å². The summed E-state index contributed by atoms with van der Waals surface area (Å²) in [4.78, 5) is 0. The van der Waals surface area contributed by atoms with Gasteiger partial charge in [0.1, 0.15) is 0 Å². The van der Waals surface area contributed by atoms with Gasteiger partial charge in [-0.1, -0.05) is 58.7 Å². The third kappa shape index (κ3) is 2.96. The SMILES string of the molecule is CCCC(CCC)C1(O)c2c(cccc2C(C)(C)O)CC1(C)C. The molecule has 2 N–H and O–H groups in total. The molecule has 1 atom stereocenters. The van der Waals surface area contributed by atoms with E-state index in [0.717, 1.165) is 43.2 Å². The Hall–Kier alpha value is -0.860. The highest BCUT2D eigenvalue weighted by atomic mass is 16.3. The van der Waals surface area contributed by atoms with E-state index in [1.54, 1.807) is 0 Å². The third-order valence-corrected chi connectivity index (χ3v) is 5.72. The number of benzene rings is 1. The molecule has 1 aliphatic carbocycles. The molecule has 2 nitrogen and oxygen atoms in total. The van der Waals surface area contributed by atoms with E-state index in [9.17, 15) is 10.2 Å². The molecule has 2 rings (SSSR count). The zero-order chi connectivity index (χ0) is 17.5. The van der Waals surface area contributed by atoms with Crippen LogP contribution in [0.2, 0.25) is 0 Å². The molecule has 0 saturated heterocycles. The number of aliphatic hydroxyl groups is 2. The molecule has 1 aromatic rings. The predicted molar refractivity (Wildman–Crippen MR) is 96.4 cm³/mol. The first-order valence-electron chi connectivity index (χ1n) is 9.17. The predicted octanol–water partition coefficient (Wildman–Crippen LogP) is 4.90. The van der Waals surface area contributed by atoms with Crippen LogP contribution in [0.4, 0.5) is 0 Å². The van der Waals surface area contributed by atoms with Crippen molar-refractivity contribution in [1.29, 1.82) is 0 Å². The second-order valence-electron chi connectivity index (χ2n) is 8.50. The van der Waals surface area contributed by atoms with Crippen molar-refractivity contribution in [2.45, 2.75) is 84.8 Å². The van der Waals surface area contributed by atoms with Crippen LogP contribution in [0, 0.1) is 11.3 Å². The maximum atomic E-state index is 12.0. The molecule has 2 heteroatoms. The van der Waals surface area contributed by atoms with Crippen LogP contribution < -0.4 is 0 Å². The van der Waals surface area contributed by atoms with Gasteiger partial charge in [-0.2, -0.15) is 0 Å². The number of hydrogen-bond acceptors (Lipinski definition) is 2. The van der Waals surface area contributed by atoms with Crippen molar-refractivity contribution in [3.05, 3.63) is 34.9 Å². The molecule has 0 aliphatic heterocycles. The Morgan fingerprint density at radius 3 is 2.17 bits per heavy atom. The first kappa shape index (κ1) is 18.5. The zero-order valence-corrected chi connectivity index (χ0v) is 15.7. The average Bonchev–Trinajstić information content (AvgIpc) is 2.65. The molecule has 0 heterocycles. The van der Waals surface area contributed by atoms with Gasteiger partial charge in [0, 0.05) is 5.41 Å². The summed E-state index contributed by atoms with van der Waals surface area (Å²) < 4.78 is 0. The zero-order valence-electron chi connectivity index (χ0n) is 15.7. The summed E-state index contributed by atoms with van der Waals surface area (Å²) in [7, 11) is 0. The maximum Gasteiger partial charge on any atom is 0.0984 e. The van der Waals surface area contributed by atoms with Crippen LogP contribution in [-0.4, -0.2) is 10.2 Å². The van der Waals surface area contributed by atoms with E-state index in [0.29, 0.717) is 0 Å². The molecular formula is C21H34O2. The van der Waals surface area contributed by atoms with E-state index in [2.05, 4.69) is 33.8 Å². The van der Waals surface area contributed by atoms with E-state index in [-0.39, 0.29) is 11.3 Å². The van der Waals surface area contributed by atoms with Crippen LogP contribution in [0.15, 0.2) is 18.2 Å². The van der Waals surface area contributed by atoms with Crippen LogP contribution >= 0.6 is 0 Å². The molecule has 23 heavy (non-hydrogen) atoms. The summed E-state index contributed by atoms with van der Waals surface area (Å²) in [5.74, 6) is 0.234. The quantitative estimate of drug-likeness (QED) is 0.783.